The van der Waals surface area contributed by atoms with Crippen LogP contribution in [0.15, 0.2) is 21.6 Å². The summed E-state index contributed by atoms with van der Waals surface area (Å²) in [6.45, 7) is 1.43. The number of carbonyl (C=O) groups excluding carboxylic acids is 1. The fraction of sp³-hybridized carbons (Fsp3) is 0.600. The van der Waals surface area contributed by atoms with E-state index in [1.807, 2.05) is 0 Å². The highest BCUT2D eigenvalue weighted by Crippen LogP contribution is 2.10. The summed E-state index contributed by atoms with van der Waals surface area (Å²) < 4.78 is 5.64. The SMILES string of the molecule is O=C(N1CCCCCC1)n1occc1=O. The Bertz CT molecular complexity index is 385. The van der Waals surface area contributed by atoms with Crippen molar-refractivity contribution >= 4 is 6.03 Å². The minimum atomic E-state index is -0.399. The quantitative estimate of drug-likeness (QED) is 0.648. The summed E-state index contributed by atoms with van der Waals surface area (Å²) in [5.41, 5.74) is -0.399. The Morgan fingerprint density at radius 1 is 1.20 bits per heavy atom. The zero-order valence-electron chi connectivity index (χ0n) is 8.52. The highest BCUT2D eigenvalue weighted by atomic mass is 16.5. The van der Waals surface area contributed by atoms with E-state index in [2.05, 4.69) is 0 Å². The van der Waals surface area contributed by atoms with Gasteiger partial charge in [0.25, 0.3) is 5.56 Å². The summed E-state index contributed by atoms with van der Waals surface area (Å²) >= 11 is 0. The molecule has 0 saturated carbocycles. The van der Waals surface area contributed by atoms with Crippen molar-refractivity contribution in [2.24, 2.45) is 0 Å². The molecule has 1 aromatic heterocycles. The third kappa shape index (κ3) is 2.11. The van der Waals surface area contributed by atoms with Crippen LogP contribution in [0.4, 0.5) is 4.79 Å². The predicted octanol–water partition coefficient (Wildman–Crippen LogP) is 1.29. The number of likely N-dealkylation sites (tertiary alicyclic amines) is 1. The van der Waals surface area contributed by atoms with Crippen LogP contribution in [0.1, 0.15) is 25.7 Å². The van der Waals surface area contributed by atoms with E-state index in [4.69, 9.17) is 4.52 Å². The molecule has 2 rings (SSSR count). The van der Waals surface area contributed by atoms with Gasteiger partial charge in [0.1, 0.15) is 6.26 Å². The van der Waals surface area contributed by atoms with Crippen LogP contribution in [0.3, 0.4) is 0 Å². The number of aromatic nitrogens is 1. The lowest BCUT2D eigenvalue weighted by molar-refractivity contribution is 0.168. The van der Waals surface area contributed by atoms with Gasteiger partial charge < -0.3 is 9.42 Å². The molecule has 0 N–H and O–H groups in total. The van der Waals surface area contributed by atoms with Crippen molar-refractivity contribution in [1.29, 1.82) is 0 Å². The molecule has 1 amide bonds. The normalized spacial score (nSPS) is 17.5. The minimum Gasteiger partial charge on any atom is -0.375 e. The fourth-order valence-electron chi connectivity index (χ4n) is 1.80. The van der Waals surface area contributed by atoms with Gasteiger partial charge in [0.2, 0.25) is 0 Å². The molecule has 1 aliphatic heterocycles. The Kier molecular flexibility index (Phi) is 2.89. The van der Waals surface area contributed by atoms with Crippen LogP contribution in [0.5, 0.6) is 0 Å². The number of hydrogen-bond acceptors (Lipinski definition) is 3. The van der Waals surface area contributed by atoms with Gasteiger partial charge in [-0.2, -0.15) is 0 Å². The monoisotopic (exact) mass is 210 g/mol. The minimum absolute atomic E-state index is 0.341. The Morgan fingerprint density at radius 3 is 2.40 bits per heavy atom. The van der Waals surface area contributed by atoms with E-state index >= 15 is 0 Å². The molecular formula is C10H14N2O3. The van der Waals surface area contributed by atoms with Crippen molar-refractivity contribution in [2.75, 3.05) is 13.1 Å². The Morgan fingerprint density at radius 2 is 1.87 bits per heavy atom. The average molecular weight is 210 g/mol. The van der Waals surface area contributed by atoms with Gasteiger partial charge in [-0.05, 0) is 12.8 Å². The zero-order valence-corrected chi connectivity index (χ0v) is 8.52. The molecule has 0 unspecified atom stereocenters. The Balaban J connectivity index is 2.13. The highest BCUT2D eigenvalue weighted by molar-refractivity contribution is 5.75. The second-order valence-corrected chi connectivity index (χ2v) is 3.72. The summed E-state index contributed by atoms with van der Waals surface area (Å²) in [5, 5.41) is 0. The molecule has 1 aromatic rings. The first-order valence-corrected chi connectivity index (χ1v) is 5.25. The number of carbonyl (C=O) groups is 1. The molecule has 0 radical (unpaired) electrons. The van der Waals surface area contributed by atoms with Crippen molar-refractivity contribution in [1.82, 2.24) is 9.64 Å². The van der Waals surface area contributed by atoms with Gasteiger partial charge in [0.05, 0.1) is 0 Å². The maximum Gasteiger partial charge on any atom is 0.361 e. The van der Waals surface area contributed by atoms with Crippen LogP contribution < -0.4 is 5.56 Å². The van der Waals surface area contributed by atoms with Crippen molar-refractivity contribution < 1.29 is 9.32 Å². The van der Waals surface area contributed by atoms with E-state index in [1.165, 1.54) is 12.3 Å². The lowest BCUT2D eigenvalue weighted by Gasteiger charge is -2.18. The standard InChI is InChI=1S/C10H14N2O3/c13-9-5-8-15-12(9)10(14)11-6-3-1-2-4-7-11/h5,8H,1-4,6-7H2. The predicted molar refractivity (Wildman–Crippen MR) is 53.8 cm³/mol. The van der Waals surface area contributed by atoms with Crippen molar-refractivity contribution in [3.63, 3.8) is 0 Å². The van der Waals surface area contributed by atoms with Crippen molar-refractivity contribution in [3.05, 3.63) is 22.7 Å². The van der Waals surface area contributed by atoms with E-state index in [0.29, 0.717) is 13.1 Å². The van der Waals surface area contributed by atoms with Crippen LogP contribution in [0.2, 0.25) is 0 Å². The van der Waals surface area contributed by atoms with Gasteiger partial charge in [-0.3, -0.25) is 4.79 Å². The zero-order chi connectivity index (χ0) is 10.7. The van der Waals surface area contributed by atoms with Gasteiger partial charge >= 0.3 is 6.03 Å². The molecule has 5 nitrogen and oxygen atoms in total. The highest BCUT2D eigenvalue weighted by Gasteiger charge is 2.19. The molecule has 82 valence electrons. The van der Waals surface area contributed by atoms with Crippen LogP contribution >= 0.6 is 0 Å². The summed E-state index contributed by atoms with van der Waals surface area (Å²) in [6.07, 6.45) is 5.54. The third-order valence-electron chi connectivity index (χ3n) is 2.63. The van der Waals surface area contributed by atoms with Crippen molar-refractivity contribution in [3.8, 4) is 0 Å². The Labute approximate surface area is 87.2 Å². The van der Waals surface area contributed by atoms with Crippen LogP contribution in [0, 0.1) is 0 Å². The molecule has 0 atom stereocenters. The molecule has 0 aliphatic carbocycles. The third-order valence-corrected chi connectivity index (χ3v) is 2.63. The van der Waals surface area contributed by atoms with Crippen LogP contribution in [-0.4, -0.2) is 28.8 Å². The van der Waals surface area contributed by atoms with E-state index in [0.717, 1.165) is 30.4 Å². The summed E-state index contributed by atoms with van der Waals surface area (Å²) in [7, 11) is 0. The van der Waals surface area contributed by atoms with Gasteiger partial charge in [-0.15, -0.1) is 0 Å². The average Bonchev–Trinajstić information content (AvgIpc) is 2.53. The summed E-state index contributed by atoms with van der Waals surface area (Å²) in [4.78, 5) is 24.7. The first-order chi connectivity index (χ1) is 7.29. The molecule has 1 saturated heterocycles. The molecule has 0 aromatic carbocycles. The Hall–Kier alpha value is -1.52. The maximum atomic E-state index is 11.8. The smallest absolute Gasteiger partial charge is 0.361 e. The van der Waals surface area contributed by atoms with E-state index in [-0.39, 0.29) is 6.03 Å². The molecule has 5 heteroatoms. The largest absolute Gasteiger partial charge is 0.375 e. The van der Waals surface area contributed by atoms with E-state index < -0.39 is 5.56 Å². The number of amides is 1. The number of hydrogen-bond donors (Lipinski definition) is 0. The fourth-order valence-corrected chi connectivity index (χ4v) is 1.80. The topological polar surface area (TPSA) is 55.5 Å². The number of nitrogens with zero attached hydrogens (tertiary/aromatic N) is 2. The van der Waals surface area contributed by atoms with Gasteiger partial charge in [-0.25, -0.2) is 4.79 Å². The molecular weight excluding hydrogens is 196 g/mol. The first-order valence-electron chi connectivity index (χ1n) is 5.25. The van der Waals surface area contributed by atoms with Crippen molar-refractivity contribution in [2.45, 2.75) is 25.7 Å². The molecule has 0 spiro atoms. The second kappa shape index (κ2) is 4.33. The van der Waals surface area contributed by atoms with Crippen LogP contribution in [-0.2, 0) is 0 Å². The lowest BCUT2D eigenvalue weighted by Crippen LogP contribution is -2.38. The van der Waals surface area contributed by atoms with E-state index in [9.17, 15) is 9.59 Å². The van der Waals surface area contributed by atoms with Crippen LogP contribution in [0.25, 0.3) is 0 Å². The van der Waals surface area contributed by atoms with E-state index in [1.54, 1.807) is 4.90 Å². The summed E-state index contributed by atoms with van der Waals surface area (Å²) in [5.74, 6) is 0. The molecule has 15 heavy (non-hydrogen) atoms. The molecule has 0 bridgehead atoms. The molecule has 1 fully saturated rings. The number of rotatable bonds is 0. The summed E-state index contributed by atoms with van der Waals surface area (Å²) in [6, 6.07) is 0.905. The maximum absolute atomic E-state index is 11.8. The first kappa shape index (κ1) is 10.0. The molecule has 1 aliphatic rings. The van der Waals surface area contributed by atoms with Gasteiger partial charge in [0, 0.05) is 19.2 Å². The molecule has 2 heterocycles. The lowest BCUT2D eigenvalue weighted by atomic mass is 10.2. The second-order valence-electron chi connectivity index (χ2n) is 3.72. The van der Waals surface area contributed by atoms with Gasteiger partial charge in [-0.1, -0.05) is 17.6 Å². The van der Waals surface area contributed by atoms with Gasteiger partial charge in [0.15, 0.2) is 0 Å².